The van der Waals surface area contributed by atoms with Crippen LogP contribution in [0.25, 0.3) is 0 Å². The normalized spacial score (nSPS) is 17.5. The third-order valence-corrected chi connectivity index (χ3v) is 5.05. The van der Waals surface area contributed by atoms with Gasteiger partial charge in [0.1, 0.15) is 0 Å². The van der Waals surface area contributed by atoms with Crippen LogP contribution >= 0.6 is 0 Å². The highest BCUT2D eigenvalue weighted by molar-refractivity contribution is 7.88. The highest BCUT2D eigenvalue weighted by Crippen LogP contribution is 2.12. The molecule has 0 aliphatic carbocycles. The second kappa shape index (κ2) is 7.03. The summed E-state index contributed by atoms with van der Waals surface area (Å²) in [4.78, 5) is 2.27. The maximum absolute atomic E-state index is 12.2. The number of likely N-dealkylation sites (tertiary alicyclic amines) is 1. The van der Waals surface area contributed by atoms with Crippen LogP contribution in [0.15, 0.2) is 24.3 Å². The van der Waals surface area contributed by atoms with Gasteiger partial charge in [-0.05, 0) is 44.5 Å². The molecule has 0 spiro atoms. The van der Waals surface area contributed by atoms with Crippen LogP contribution in [0, 0.1) is 11.3 Å². The first-order valence-electron chi connectivity index (χ1n) is 7.20. The number of benzene rings is 1. The Kier molecular flexibility index (Phi) is 5.34. The number of nitrogens with zero attached hydrogens (tertiary/aromatic N) is 2. The van der Waals surface area contributed by atoms with Crippen LogP contribution in [0.3, 0.4) is 0 Å². The fourth-order valence-electron chi connectivity index (χ4n) is 2.70. The van der Waals surface area contributed by atoms with Crippen LogP contribution in [0.4, 0.5) is 0 Å². The Bertz CT molecular complexity index is 616. The topological polar surface area (TPSA) is 73.2 Å². The van der Waals surface area contributed by atoms with Gasteiger partial charge in [-0.2, -0.15) is 5.26 Å². The van der Waals surface area contributed by atoms with Gasteiger partial charge in [0.25, 0.3) is 0 Å². The summed E-state index contributed by atoms with van der Waals surface area (Å²) in [6, 6.07) is 8.71. The first-order valence-corrected chi connectivity index (χ1v) is 8.86. The molecule has 1 N–H and O–H groups in total. The van der Waals surface area contributed by atoms with E-state index in [1.165, 1.54) is 12.8 Å². The van der Waals surface area contributed by atoms with Crippen LogP contribution in [-0.2, 0) is 15.8 Å². The first-order chi connectivity index (χ1) is 10.00. The molecule has 1 heterocycles. The maximum Gasteiger partial charge on any atom is 0.216 e. The molecule has 1 unspecified atom stereocenters. The summed E-state index contributed by atoms with van der Waals surface area (Å²) in [5.74, 6) is -0.152. The minimum Gasteiger partial charge on any atom is -0.302 e. The van der Waals surface area contributed by atoms with Crippen LogP contribution in [0.5, 0.6) is 0 Å². The predicted octanol–water partition coefficient (Wildman–Crippen LogP) is 1.46. The van der Waals surface area contributed by atoms with Gasteiger partial charge in [0.05, 0.1) is 17.4 Å². The minimum absolute atomic E-state index is 0.123. The lowest BCUT2D eigenvalue weighted by molar-refractivity contribution is 0.312. The smallest absolute Gasteiger partial charge is 0.216 e. The zero-order chi connectivity index (χ0) is 15.3. The monoisotopic (exact) mass is 307 g/mol. The number of nitrogens with one attached hydrogen (secondary N) is 1. The van der Waals surface area contributed by atoms with E-state index in [9.17, 15) is 8.42 Å². The Labute approximate surface area is 126 Å². The van der Waals surface area contributed by atoms with Crippen molar-refractivity contribution in [2.24, 2.45) is 0 Å². The summed E-state index contributed by atoms with van der Waals surface area (Å²) in [6.45, 7) is 4.71. The second-order valence-corrected chi connectivity index (χ2v) is 7.31. The zero-order valence-corrected chi connectivity index (χ0v) is 13.1. The van der Waals surface area contributed by atoms with Crippen LogP contribution in [0.2, 0.25) is 0 Å². The van der Waals surface area contributed by atoms with Crippen molar-refractivity contribution in [1.29, 1.82) is 5.26 Å². The van der Waals surface area contributed by atoms with Crippen molar-refractivity contribution in [3.8, 4) is 6.07 Å². The zero-order valence-electron chi connectivity index (χ0n) is 12.2. The van der Waals surface area contributed by atoms with Crippen molar-refractivity contribution >= 4 is 10.0 Å². The van der Waals surface area contributed by atoms with Crippen LogP contribution in [0.1, 0.15) is 30.9 Å². The fraction of sp³-hybridized carbons (Fsp3) is 0.533. The lowest BCUT2D eigenvalue weighted by Gasteiger charge is -2.21. The SMILES string of the molecule is CC(CN1CCCC1)NS(=O)(=O)Cc1ccccc1C#N. The van der Waals surface area contributed by atoms with Gasteiger partial charge in [-0.3, -0.25) is 0 Å². The summed E-state index contributed by atoms with van der Waals surface area (Å²) >= 11 is 0. The van der Waals surface area contributed by atoms with Gasteiger partial charge in [-0.15, -0.1) is 0 Å². The van der Waals surface area contributed by atoms with Crippen LogP contribution in [-0.4, -0.2) is 39.0 Å². The Hall–Kier alpha value is -1.42. The van der Waals surface area contributed by atoms with E-state index in [0.29, 0.717) is 11.1 Å². The van der Waals surface area contributed by atoms with Crippen molar-refractivity contribution in [1.82, 2.24) is 9.62 Å². The quantitative estimate of drug-likeness (QED) is 0.863. The molecule has 21 heavy (non-hydrogen) atoms. The fourth-order valence-corrected chi connectivity index (χ4v) is 4.13. The standard InChI is InChI=1S/C15H21N3O2S/c1-13(11-18-8-4-5-9-18)17-21(19,20)12-15-7-3-2-6-14(15)10-16/h2-3,6-7,13,17H,4-5,8-9,11-12H2,1H3. The second-order valence-electron chi connectivity index (χ2n) is 5.55. The molecule has 0 bridgehead atoms. The van der Waals surface area contributed by atoms with Gasteiger partial charge in [-0.25, -0.2) is 13.1 Å². The van der Waals surface area contributed by atoms with E-state index < -0.39 is 10.0 Å². The largest absolute Gasteiger partial charge is 0.302 e. The summed E-state index contributed by atoms with van der Waals surface area (Å²) in [5.41, 5.74) is 0.955. The number of sulfonamides is 1. The van der Waals surface area contributed by atoms with Crippen LogP contribution < -0.4 is 4.72 Å². The molecular formula is C15H21N3O2S. The molecule has 0 radical (unpaired) electrons. The molecule has 0 aromatic heterocycles. The van der Waals surface area contributed by atoms with Gasteiger partial charge in [0.15, 0.2) is 0 Å². The molecule has 1 aliphatic heterocycles. The molecule has 6 heteroatoms. The molecule has 1 aliphatic rings. The number of rotatable bonds is 6. The van der Waals surface area contributed by atoms with E-state index in [1.807, 2.05) is 13.0 Å². The average Bonchev–Trinajstić information content (AvgIpc) is 2.90. The van der Waals surface area contributed by atoms with E-state index in [1.54, 1.807) is 24.3 Å². The molecule has 1 saturated heterocycles. The predicted molar refractivity (Wildman–Crippen MR) is 82.1 cm³/mol. The molecule has 1 atom stereocenters. The average molecular weight is 307 g/mol. The number of hydrogen-bond acceptors (Lipinski definition) is 4. The molecule has 0 amide bonds. The molecule has 5 nitrogen and oxygen atoms in total. The highest BCUT2D eigenvalue weighted by atomic mass is 32.2. The van der Waals surface area contributed by atoms with Gasteiger partial charge in [0.2, 0.25) is 10.0 Å². The van der Waals surface area contributed by atoms with Gasteiger partial charge in [0, 0.05) is 12.6 Å². The van der Waals surface area contributed by atoms with E-state index >= 15 is 0 Å². The molecule has 1 aromatic rings. The van der Waals surface area contributed by atoms with Crippen molar-refractivity contribution in [2.45, 2.75) is 31.6 Å². The van der Waals surface area contributed by atoms with E-state index in [-0.39, 0.29) is 11.8 Å². The minimum atomic E-state index is -3.44. The lowest BCUT2D eigenvalue weighted by Crippen LogP contribution is -2.41. The first kappa shape index (κ1) is 16.0. The van der Waals surface area contributed by atoms with E-state index in [2.05, 4.69) is 9.62 Å². The lowest BCUT2D eigenvalue weighted by atomic mass is 10.1. The summed E-state index contributed by atoms with van der Waals surface area (Å²) in [7, 11) is -3.44. The van der Waals surface area contributed by atoms with Gasteiger partial charge < -0.3 is 4.90 Å². The Morgan fingerprint density at radius 2 is 2.00 bits per heavy atom. The van der Waals surface area contributed by atoms with E-state index in [4.69, 9.17) is 5.26 Å². The van der Waals surface area contributed by atoms with Crippen molar-refractivity contribution in [3.05, 3.63) is 35.4 Å². The third kappa shape index (κ3) is 4.81. The molecule has 2 rings (SSSR count). The van der Waals surface area contributed by atoms with Gasteiger partial charge in [-0.1, -0.05) is 18.2 Å². The summed E-state index contributed by atoms with van der Waals surface area (Å²) in [6.07, 6.45) is 2.38. The number of hydrogen-bond donors (Lipinski definition) is 1. The van der Waals surface area contributed by atoms with Crippen molar-refractivity contribution in [2.75, 3.05) is 19.6 Å². The van der Waals surface area contributed by atoms with Gasteiger partial charge >= 0.3 is 0 Å². The van der Waals surface area contributed by atoms with Crippen molar-refractivity contribution in [3.63, 3.8) is 0 Å². The Morgan fingerprint density at radius 1 is 1.33 bits per heavy atom. The third-order valence-electron chi connectivity index (χ3n) is 3.59. The Morgan fingerprint density at radius 3 is 2.67 bits per heavy atom. The number of nitriles is 1. The Balaban J connectivity index is 1.96. The summed E-state index contributed by atoms with van der Waals surface area (Å²) < 4.78 is 27.1. The van der Waals surface area contributed by atoms with E-state index in [0.717, 1.165) is 19.6 Å². The molecule has 1 fully saturated rings. The van der Waals surface area contributed by atoms with Crippen molar-refractivity contribution < 1.29 is 8.42 Å². The molecular weight excluding hydrogens is 286 g/mol. The maximum atomic E-state index is 12.2. The molecule has 0 saturated carbocycles. The molecule has 1 aromatic carbocycles. The molecule has 114 valence electrons. The highest BCUT2D eigenvalue weighted by Gasteiger charge is 2.20. The summed E-state index contributed by atoms with van der Waals surface area (Å²) in [5, 5.41) is 9.01.